The summed E-state index contributed by atoms with van der Waals surface area (Å²) in [4.78, 5) is 0.367. The fourth-order valence-corrected chi connectivity index (χ4v) is 3.43. The van der Waals surface area contributed by atoms with Crippen LogP contribution in [-0.4, -0.2) is 38.4 Å². The quantitative estimate of drug-likeness (QED) is 0.803. The molecule has 0 saturated carbocycles. The third-order valence-electron chi connectivity index (χ3n) is 3.78. The Labute approximate surface area is 129 Å². The van der Waals surface area contributed by atoms with Gasteiger partial charge in [-0.15, -0.1) is 0 Å². The van der Waals surface area contributed by atoms with Crippen LogP contribution in [0.5, 0.6) is 0 Å². The maximum atomic E-state index is 12.5. The van der Waals surface area contributed by atoms with Gasteiger partial charge in [-0.05, 0) is 44.0 Å². The van der Waals surface area contributed by atoms with Crippen LogP contribution in [0.1, 0.15) is 39.7 Å². The summed E-state index contributed by atoms with van der Waals surface area (Å²) in [5.41, 5.74) is 1.15. The monoisotopic (exact) mass is 312 g/mol. The van der Waals surface area contributed by atoms with Crippen molar-refractivity contribution in [1.82, 2.24) is 9.62 Å². The largest absolute Gasteiger partial charge is 0.314 e. The second-order valence-electron chi connectivity index (χ2n) is 5.78. The van der Waals surface area contributed by atoms with Gasteiger partial charge in [0, 0.05) is 19.1 Å². The van der Waals surface area contributed by atoms with E-state index in [9.17, 15) is 8.42 Å². The second-order valence-corrected chi connectivity index (χ2v) is 7.78. The lowest BCUT2D eigenvalue weighted by Crippen LogP contribution is -2.34. The van der Waals surface area contributed by atoms with Crippen molar-refractivity contribution in [2.24, 2.45) is 0 Å². The minimum absolute atomic E-state index is 0.00455. The molecule has 1 atom stereocenters. The topological polar surface area (TPSA) is 49.4 Å². The number of nitrogens with zero attached hydrogens (tertiary/aromatic N) is 1. The van der Waals surface area contributed by atoms with Crippen LogP contribution in [0.25, 0.3) is 0 Å². The fourth-order valence-electron chi connectivity index (χ4n) is 1.99. The minimum Gasteiger partial charge on any atom is -0.314 e. The summed E-state index contributed by atoms with van der Waals surface area (Å²) in [6.07, 6.45) is 1.70. The lowest BCUT2D eigenvalue weighted by atomic mass is 10.1. The lowest BCUT2D eigenvalue weighted by Gasteiger charge is -2.23. The van der Waals surface area contributed by atoms with Crippen molar-refractivity contribution in [3.63, 3.8) is 0 Å². The molecule has 120 valence electrons. The van der Waals surface area contributed by atoms with Crippen LogP contribution < -0.4 is 5.32 Å². The molecule has 21 heavy (non-hydrogen) atoms. The summed E-state index contributed by atoms with van der Waals surface area (Å²) >= 11 is 0. The number of sulfonamides is 1. The van der Waals surface area contributed by atoms with Crippen molar-refractivity contribution in [2.45, 2.75) is 57.5 Å². The summed E-state index contributed by atoms with van der Waals surface area (Å²) in [7, 11) is -1.74. The molecule has 0 aliphatic rings. The molecule has 0 fully saturated rings. The van der Waals surface area contributed by atoms with E-state index in [0.29, 0.717) is 10.9 Å². The summed E-state index contributed by atoms with van der Waals surface area (Å²) in [6, 6.07) is 7.69. The Morgan fingerprint density at radius 3 is 2.19 bits per heavy atom. The SMILES string of the molecule is CCC(C)N(C)S(=O)(=O)c1ccc(CCNC(C)C)cc1. The molecule has 1 rings (SSSR count). The fraction of sp³-hybridized carbons (Fsp3) is 0.625. The van der Waals surface area contributed by atoms with Crippen LogP contribution >= 0.6 is 0 Å². The average Bonchev–Trinajstić information content (AvgIpc) is 2.45. The van der Waals surface area contributed by atoms with Crippen LogP contribution in [0.4, 0.5) is 0 Å². The van der Waals surface area contributed by atoms with E-state index in [2.05, 4.69) is 19.2 Å². The third kappa shape index (κ3) is 5.09. The van der Waals surface area contributed by atoms with E-state index in [0.717, 1.165) is 24.9 Å². The van der Waals surface area contributed by atoms with Crippen molar-refractivity contribution in [2.75, 3.05) is 13.6 Å². The Kier molecular flexibility index (Phi) is 6.84. The van der Waals surface area contributed by atoms with Crippen molar-refractivity contribution >= 4 is 10.0 Å². The number of benzene rings is 1. The van der Waals surface area contributed by atoms with Gasteiger partial charge in [-0.1, -0.05) is 32.9 Å². The van der Waals surface area contributed by atoms with E-state index in [1.54, 1.807) is 19.2 Å². The van der Waals surface area contributed by atoms with E-state index in [-0.39, 0.29) is 6.04 Å². The van der Waals surface area contributed by atoms with E-state index in [4.69, 9.17) is 0 Å². The molecule has 0 aliphatic heterocycles. The zero-order valence-corrected chi connectivity index (χ0v) is 14.6. The van der Waals surface area contributed by atoms with Gasteiger partial charge in [-0.3, -0.25) is 0 Å². The first-order valence-corrected chi connectivity index (χ1v) is 9.03. The van der Waals surface area contributed by atoms with Gasteiger partial charge < -0.3 is 5.32 Å². The van der Waals surface area contributed by atoms with E-state index >= 15 is 0 Å². The number of rotatable bonds is 8. The maximum absolute atomic E-state index is 12.5. The highest BCUT2D eigenvalue weighted by atomic mass is 32.2. The predicted octanol–water partition coefficient (Wildman–Crippen LogP) is 2.65. The first kappa shape index (κ1) is 18.1. The Morgan fingerprint density at radius 2 is 1.71 bits per heavy atom. The molecule has 0 heterocycles. The van der Waals surface area contributed by atoms with Gasteiger partial charge in [0.1, 0.15) is 0 Å². The zero-order chi connectivity index (χ0) is 16.0. The molecule has 0 radical (unpaired) electrons. The third-order valence-corrected chi connectivity index (χ3v) is 5.76. The molecule has 1 unspecified atom stereocenters. The smallest absolute Gasteiger partial charge is 0.243 e. The summed E-state index contributed by atoms with van der Waals surface area (Å²) < 4.78 is 26.4. The number of hydrogen-bond acceptors (Lipinski definition) is 3. The van der Waals surface area contributed by atoms with Gasteiger partial charge in [-0.2, -0.15) is 4.31 Å². The van der Waals surface area contributed by atoms with E-state index in [1.807, 2.05) is 26.0 Å². The van der Waals surface area contributed by atoms with Gasteiger partial charge in [0.05, 0.1) is 4.90 Å². The lowest BCUT2D eigenvalue weighted by molar-refractivity contribution is 0.380. The molecule has 0 saturated heterocycles. The van der Waals surface area contributed by atoms with Gasteiger partial charge >= 0.3 is 0 Å². The Morgan fingerprint density at radius 1 is 1.14 bits per heavy atom. The molecular weight excluding hydrogens is 284 g/mol. The molecular formula is C16H28N2O2S. The van der Waals surface area contributed by atoms with Crippen LogP contribution in [0.3, 0.4) is 0 Å². The first-order chi connectivity index (χ1) is 9.78. The predicted molar refractivity (Wildman–Crippen MR) is 88.0 cm³/mol. The highest BCUT2D eigenvalue weighted by molar-refractivity contribution is 7.89. The molecule has 1 aromatic carbocycles. The molecule has 4 nitrogen and oxygen atoms in total. The highest BCUT2D eigenvalue weighted by Crippen LogP contribution is 2.18. The number of hydrogen-bond donors (Lipinski definition) is 1. The van der Waals surface area contributed by atoms with Gasteiger partial charge in [0.15, 0.2) is 0 Å². The maximum Gasteiger partial charge on any atom is 0.243 e. The summed E-state index contributed by atoms with van der Waals surface area (Å²) in [5.74, 6) is 0. The molecule has 0 amide bonds. The van der Waals surface area contributed by atoms with Crippen molar-refractivity contribution < 1.29 is 8.42 Å². The van der Waals surface area contributed by atoms with Gasteiger partial charge in [0.25, 0.3) is 0 Å². The van der Waals surface area contributed by atoms with Crippen LogP contribution in [0.15, 0.2) is 29.2 Å². The first-order valence-electron chi connectivity index (χ1n) is 7.59. The highest BCUT2D eigenvalue weighted by Gasteiger charge is 2.24. The zero-order valence-electron chi connectivity index (χ0n) is 13.8. The van der Waals surface area contributed by atoms with Crippen molar-refractivity contribution in [3.05, 3.63) is 29.8 Å². The molecule has 0 bridgehead atoms. The number of nitrogens with one attached hydrogen (secondary N) is 1. The Hall–Kier alpha value is -0.910. The summed E-state index contributed by atoms with van der Waals surface area (Å²) in [6.45, 7) is 9.03. The standard InChI is InChI=1S/C16H28N2O2S/c1-6-14(4)18(5)21(19,20)16-9-7-15(8-10-16)11-12-17-13(2)3/h7-10,13-14,17H,6,11-12H2,1-5H3. The van der Waals surface area contributed by atoms with Crippen LogP contribution in [0, 0.1) is 0 Å². The molecule has 0 aliphatic carbocycles. The molecule has 1 N–H and O–H groups in total. The van der Waals surface area contributed by atoms with Crippen molar-refractivity contribution in [3.8, 4) is 0 Å². The average molecular weight is 312 g/mol. The summed E-state index contributed by atoms with van der Waals surface area (Å²) in [5, 5.41) is 3.35. The Balaban J connectivity index is 2.77. The van der Waals surface area contributed by atoms with Gasteiger partial charge in [0.2, 0.25) is 10.0 Å². The van der Waals surface area contributed by atoms with E-state index < -0.39 is 10.0 Å². The van der Waals surface area contributed by atoms with Gasteiger partial charge in [-0.25, -0.2) is 8.42 Å². The normalized spacial score (nSPS) is 13.9. The van der Waals surface area contributed by atoms with Crippen LogP contribution in [-0.2, 0) is 16.4 Å². The Bertz CT molecular complexity index is 524. The van der Waals surface area contributed by atoms with Crippen LogP contribution in [0.2, 0.25) is 0 Å². The molecule has 5 heteroatoms. The molecule has 0 spiro atoms. The minimum atomic E-state index is -3.38. The molecule has 1 aromatic rings. The van der Waals surface area contributed by atoms with E-state index in [1.165, 1.54) is 4.31 Å². The molecule has 0 aromatic heterocycles. The second kappa shape index (κ2) is 7.92. The van der Waals surface area contributed by atoms with Crippen molar-refractivity contribution in [1.29, 1.82) is 0 Å².